The number of benzene rings is 1. The van der Waals surface area contributed by atoms with E-state index in [0.29, 0.717) is 18.9 Å². The van der Waals surface area contributed by atoms with Crippen LogP contribution in [0.25, 0.3) is 0 Å². The Labute approximate surface area is 139 Å². The largest absolute Gasteiger partial charge is 0.364 e. The number of rotatable bonds is 5. The average Bonchev–Trinajstić information content (AvgIpc) is 2.63. The first-order valence-corrected chi connectivity index (χ1v) is 7.44. The van der Waals surface area contributed by atoms with Crippen molar-refractivity contribution in [3.8, 4) is 6.07 Å². The maximum Gasteiger partial charge on any atom is 0.250 e. The molecular weight excluding hydrogens is 302 g/mol. The Morgan fingerprint density at radius 1 is 1.04 bits per heavy atom. The third-order valence-corrected chi connectivity index (χ3v) is 3.54. The van der Waals surface area contributed by atoms with Crippen molar-refractivity contribution in [1.82, 2.24) is 14.5 Å². The summed E-state index contributed by atoms with van der Waals surface area (Å²) >= 11 is 0. The molecule has 0 fully saturated rings. The minimum atomic E-state index is -0.0186. The van der Waals surface area contributed by atoms with E-state index >= 15 is 0 Å². The van der Waals surface area contributed by atoms with Crippen molar-refractivity contribution in [2.24, 2.45) is 0 Å². The smallest absolute Gasteiger partial charge is 0.250 e. The number of nitrogens with one attached hydrogen (secondary N) is 1. The van der Waals surface area contributed by atoms with Crippen molar-refractivity contribution in [2.75, 3.05) is 5.32 Å². The molecule has 0 radical (unpaired) electrons. The fourth-order valence-corrected chi connectivity index (χ4v) is 2.29. The lowest BCUT2D eigenvalue weighted by Crippen LogP contribution is -2.18. The third kappa shape index (κ3) is 3.65. The van der Waals surface area contributed by atoms with Gasteiger partial charge in [0.15, 0.2) is 11.5 Å². The predicted octanol–water partition coefficient (Wildman–Crippen LogP) is 2.17. The van der Waals surface area contributed by atoms with Gasteiger partial charge in [-0.25, -0.2) is 9.97 Å². The topological polar surface area (TPSA) is 83.6 Å². The highest BCUT2D eigenvalue weighted by Crippen LogP contribution is 2.10. The quantitative estimate of drug-likeness (QED) is 0.779. The van der Waals surface area contributed by atoms with E-state index in [9.17, 15) is 4.79 Å². The summed E-state index contributed by atoms with van der Waals surface area (Å²) in [7, 11) is 0. The molecule has 0 amide bonds. The fraction of sp³-hybridized carbons (Fsp3) is 0.111. The first kappa shape index (κ1) is 15.4. The van der Waals surface area contributed by atoms with E-state index in [1.807, 2.05) is 36.4 Å². The minimum Gasteiger partial charge on any atom is -0.364 e. The van der Waals surface area contributed by atoms with E-state index in [1.165, 1.54) is 6.20 Å². The third-order valence-electron chi connectivity index (χ3n) is 3.54. The van der Waals surface area contributed by atoms with Crippen LogP contribution in [0, 0.1) is 11.3 Å². The maximum atomic E-state index is 11.7. The highest BCUT2D eigenvalue weighted by molar-refractivity contribution is 5.47. The van der Waals surface area contributed by atoms with Gasteiger partial charge in [-0.15, -0.1) is 0 Å². The van der Waals surface area contributed by atoms with Crippen LogP contribution in [-0.4, -0.2) is 14.5 Å². The van der Waals surface area contributed by atoms with Crippen molar-refractivity contribution in [3.05, 3.63) is 88.2 Å². The zero-order chi connectivity index (χ0) is 16.8. The number of anilines is 1. The highest BCUT2D eigenvalue weighted by Gasteiger charge is 2.03. The molecule has 3 rings (SSSR count). The van der Waals surface area contributed by atoms with Crippen LogP contribution in [0.5, 0.6) is 0 Å². The standard InChI is InChI=1S/C18H15N5O/c19-11-16-18(21-9-8-20-16)22-12-14-4-6-15(7-5-14)13-23-10-2-1-3-17(23)24/h1-10H,12-13H2,(H,21,22). The zero-order valence-electron chi connectivity index (χ0n) is 12.9. The molecule has 0 saturated carbocycles. The maximum absolute atomic E-state index is 11.7. The van der Waals surface area contributed by atoms with Gasteiger partial charge in [-0.2, -0.15) is 5.26 Å². The van der Waals surface area contributed by atoms with E-state index in [2.05, 4.69) is 15.3 Å². The molecule has 3 aromatic rings. The van der Waals surface area contributed by atoms with Gasteiger partial charge in [-0.3, -0.25) is 4.79 Å². The van der Waals surface area contributed by atoms with Gasteiger partial charge in [0, 0.05) is 31.2 Å². The summed E-state index contributed by atoms with van der Waals surface area (Å²) in [6.45, 7) is 1.08. The van der Waals surface area contributed by atoms with Crippen molar-refractivity contribution in [3.63, 3.8) is 0 Å². The Bertz CT molecular complexity index is 925. The summed E-state index contributed by atoms with van der Waals surface area (Å²) in [4.78, 5) is 19.8. The minimum absolute atomic E-state index is 0.0186. The normalized spacial score (nSPS) is 10.1. The Morgan fingerprint density at radius 2 is 1.79 bits per heavy atom. The Hall–Kier alpha value is -3.46. The van der Waals surface area contributed by atoms with Crippen LogP contribution in [0.3, 0.4) is 0 Å². The van der Waals surface area contributed by atoms with E-state index in [0.717, 1.165) is 11.1 Å². The molecule has 2 aromatic heterocycles. The number of hydrogen-bond donors (Lipinski definition) is 1. The molecule has 0 aliphatic heterocycles. The first-order chi connectivity index (χ1) is 11.8. The molecule has 0 saturated heterocycles. The van der Waals surface area contributed by atoms with Gasteiger partial charge in [-0.05, 0) is 17.2 Å². The summed E-state index contributed by atoms with van der Waals surface area (Å²) in [6.07, 6.45) is 4.81. The van der Waals surface area contributed by atoms with E-state index in [1.54, 1.807) is 29.1 Å². The number of hydrogen-bond acceptors (Lipinski definition) is 5. The second kappa shape index (κ2) is 7.20. The fourth-order valence-electron chi connectivity index (χ4n) is 2.29. The molecule has 1 N–H and O–H groups in total. The first-order valence-electron chi connectivity index (χ1n) is 7.44. The lowest BCUT2D eigenvalue weighted by Gasteiger charge is -2.08. The molecule has 24 heavy (non-hydrogen) atoms. The summed E-state index contributed by atoms with van der Waals surface area (Å²) in [5, 5.41) is 12.1. The summed E-state index contributed by atoms with van der Waals surface area (Å²) in [5.74, 6) is 0.472. The molecular formula is C18H15N5O. The van der Waals surface area contributed by atoms with Gasteiger partial charge in [0.25, 0.3) is 5.56 Å². The lowest BCUT2D eigenvalue weighted by atomic mass is 10.1. The summed E-state index contributed by atoms with van der Waals surface area (Å²) < 4.78 is 1.66. The average molecular weight is 317 g/mol. The molecule has 0 atom stereocenters. The van der Waals surface area contributed by atoms with Crippen LogP contribution >= 0.6 is 0 Å². The molecule has 0 unspecified atom stereocenters. The molecule has 0 bridgehead atoms. The summed E-state index contributed by atoms with van der Waals surface area (Å²) in [5.41, 5.74) is 2.35. The van der Waals surface area contributed by atoms with Gasteiger partial charge in [-0.1, -0.05) is 30.3 Å². The van der Waals surface area contributed by atoms with Gasteiger partial charge >= 0.3 is 0 Å². The van der Waals surface area contributed by atoms with Crippen molar-refractivity contribution < 1.29 is 0 Å². The number of nitriles is 1. The molecule has 0 aliphatic carbocycles. The SMILES string of the molecule is N#Cc1nccnc1NCc1ccc(Cn2ccccc2=O)cc1. The molecule has 118 valence electrons. The van der Waals surface area contributed by atoms with Crippen LogP contribution in [0.2, 0.25) is 0 Å². The van der Waals surface area contributed by atoms with E-state index in [4.69, 9.17) is 5.26 Å². The number of aromatic nitrogens is 3. The lowest BCUT2D eigenvalue weighted by molar-refractivity contribution is 0.759. The zero-order valence-corrected chi connectivity index (χ0v) is 12.9. The molecule has 6 nitrogen and oxygen atoms in total. The van der Waals surface area contributed by atoms with Crippen molar-refractivity contribution in [1.29, 1.82) is 5.26 Å². The van der Waals surface area contributed by atoms with Crippen molar-refractivity contribution in [2.45, 2.75) is 13.1 Å². The second-order valence-electron chi connectivity index (χ2n) is 5.20. The van der Waals surface area contributed by atoms with E-state index in [-0.39, 0.29) is 11.3 Å². The van der Waals surface area contributed by atoms with Crippen LogP contribution in [-0.2, 0) is 13.1 Å². The second-order valence-corrected chi connectivity index (χ2v) is 5.20. The predicted molar refractivity (Wildman–Crippen MR) is 90.3 cm³/mol. The van der Waals surface area contributed by atoms with Crippen LogP contribution in [0.4, 0.5) is 5.82 Å². The van der Waals surface area contributed by atoms with Crippen LogP contribution in [0.1, 0.15) is 16.8 Å². The molecule has 0 aliphatic rings. The Balaban J connectivity index is 1.66. The molecule has 6 heteroatoms. The monoisotopic (exact) mass is 317 g/mol. The van der Waals surface area contributed by atoms with Gasteiger partial charge in [0.2, 0.25) is 0 Å². The van der Waals surface area contributed by atoms with Gasteiger partial charge in [0.1, 0.15) is 6.07 Å². The number of nitrogens with zero attached hydrogens (tertiary/aromatic N) is 4. The Kier molecular flexibility index (Phi) is 4.63. The van der Waals surface area contributed by atoms with Gasteiger partial charge < -0.3 is 9.88 Å². The molecule has 0 spiro atoms. The van der Waals surface area contributed by atoms with Crippen LogP contribution in [0.15, 0.2) is 65.8 Å². The molecule has 1 aromatic carbocycles. The highest BCUT2D eigenvalue weighted by atomic mass is 16.1. The number of pyridine rings is 1. The molecule has 2 heterocycles. The Morgan fingerprint density at radius 3 is 2.54 bits per heavy atom. The van der Waals surface area contributed by atoms with E-state index < -0.39 is 0 Å². The summed E-state index contributed by atoms with van der Waals surface area (Å²) in [6, 6.07) is 15.1. The van der Waals surface area contributed by atoms with Crippen LogP contribution < -0.4 is 10.9 Å². The van der Waals surface area contributed by atoms with Crippen molar-refractivity contribution >= 4 is 5.82 Å². The van der Waals surface area contributed by atoms with Gasteiger partial charge in [0.05, 0.1) is 6.54 Å².